The van der Waals surface area contributed by atoms with Gasteiger partial charge in [-0.25, -0.2) is 4.52 Å². The molecule has 2 heterocycles. The predicted molar refractivity (Wildman–Crippen MR) is 111 cm³/mol. The van der Waals surface area contributed by atoms with Crippen LogP contribution in [0.25, 0.3) is 38.7 Å². The lowest BCUT2D eigenvalue weighted by Crippen LogP contribution is -1.95. The van der Waals surface area contributed by atoms with Crippen molar-refractivity contribution in [2.45, 2.75) is 0 Å². The van der Waals surface area contributed by atoms with Gasteiger partial charge in [0.1, 0.15) is 0 Å². The van der Waals surface area contributed by atoms with Gasteiger partial charge in [0.15, 0.2) is 0 Å². The summed E-state index contributed by atoms with van der Waals surface area (Å²) in [5, 5.41) is 7.18. The van der Waals surface area contributed by atoms with Crippen LogP contribution in [0.15, 0.2) is 95.6 Å². The van der Waals surface area contributed by atoms with Crippen LogP contribution in [0, 0.1) is 0 Å². The van der Waals surface area contributed by atoms with Crippen LogP contribution < -0.4 is 0 Å². The quantitative estimate of drug-likeness (QED) is 0.328. The fraction of sp³-hybridized carbons (Fsp3) is 0. The topological polar surface area (TPSA) is 17.3 Å². The third-order valence-corrected chi connectivity index (χ3v) is 5.26. The van der Waals surface area contributed by atoms with E-state index in [1.54, 1.807) is 0 Å². The van der Waals surface area contributed by atoms with Crippen LogP contribution in [0.4, 0.5) is 0 Å². The molecule has 0 spiro atoms. The highest BCUT2D eigenvalue weighted by Gasteiger charge is 2.14. The van der Waals surface area contributed by atoms with Gasteiger partial charge in [0.2, 0.25) is 0 Å². The molecule has 0 aliphatic rings. The van der Waals surface area contributed by atoms with E-state index in [-0.39, 0.29) is 0 Å². The molecule has 0 aliphatic carbocycles. The van der Waals surface area contributed by atoms with Crippen molar-refractivity contribution in [3.05, 3.63) is 95.6 Å². The van der Waals surface area contributed by atoms with E-state index in [0.29, 0.717) is 0 Å². The lowest BCUT2D eigenvalue weighted by molar-refractivity contribution is 0.975. The average molecular weight is 399 g/mol. The second-order valence-corrected chi connectivity index (χ2v) is 7.22. The Morgan fingerprint density at radius 3 is 2.27 bits per heavy atom. The Morgan fingerprint density at radius 2 is 1.46 bits per heavy atom. The van der Waals surface area contributed by atoms with Gasteiger partial charge in [-0.2, -0.15) is 5.10 Å². The molecular weight excluding hydrogens is 384 g/mol. The highest BCUT2D eigenvalue weighted by Crippen LogP contribution is 2.34. The van der Waals surface area contributed by atoms with Crippen LogP contribution in [0.1, 0.15) is 0 Å². The maximum absolute atomic E-state index is 4.75. The predicted octanol–water partition coefficient (Wildman–Crippen LogP) is 6.58. The first-order valence-corrected chi connectivity index (χ1v) is 9.31. The molecule has 26 heavy (non-hydrogen) atoms. The van der Waals surface area contributed by atoms with E-state index in [2.05, 4.69) is 99.3 Å². The van der Waals surface area contributed by atoms with Crippen LogP contribution in [-0.4, -0.2) is 9.61 Å². The van der Waals surface area contributed by atoms with Gasteiger partial charge in [0.25, 0.3) is 0 Å². The van der Waals surface area contributed by atoms with Gasteiger partial charge in [0.05, 0.1) is 17.4 Å². The summed E-state index contributed by atoms with van der Waals surface area (Å²) in [7, 11) is 0. The zero-order valence-corrected chi connectivity index (χ0v) is 15.5. The van der Waals surface area contributed by atoms with E-state index >= 15 is 0 Å². The SMILES string of the molecule is Brc1ccc(-c2cnn3c(-c4ccccc4)cc4ccccc4c23)cc1. The molecule has 0 N–H and O–H groups in total. The van der Waals surface area contributed by atoms with E-state index in [4.69, 9.17) is 5.10 Å². The fourth-order valence-electron chi connectivity index (χ4n) is 3.49. The molecule has 0 saturated carbocycles. The Morgan fingerprint density at radius 1 is 0.731 bits per heavy atom. The Labute approximate surface area is 159 Å². The van der Waals surface area contributed by atoms with Crippen LogP contribution >= 0.6 is 15.9 Å². The van der Waals surface area contributed by atoms with Crippen molar-refractivity contribution in [1.82, 2.24) is 9.61 Å². The van der Waals surface area contributed by atoms with Gasteiger partial charge < -0.3 is 0 Å². The highest BCUT2D eigenvalue weighted by atomic mass is 79.9. The average Bonchev–Trinajstić information content (AvgIpc) is 3.14. The van der Waals surface area contributed by atoms with Crippen molar-refractivity contribution >= 4 is 32.2 Å². The van der Waals surface area contributed by atoms with Crippen LogP contribution in [-0.2, 0) is 0 Å². The molecule has 0 fully saturated rings. The molecule has 124 valence electrons. The molecule has 5 aromatic rings. The van der Waals surface area contributed by atoms with Gasteiger partial charge in [0, 0.05) is 21.0 Å². The molecule has 2 nitrogen and oxygen atoms in total. The summed E-state index contributed by atoms with van der Waals surface area (Å²) in [6, 6.07) is 29.6. The number of rotatable bonds is 2. The Hall–Kier alpha value is -2.91. The highest BCUT2D eigenvalue weighted by molar-refractivity contribution is 9.10. The minimum atomic E-state index is 1.08. The lowest BCUT2D eigenvalue weighted by atomic mass is 10.0. The maximum atomic E-state index is 4.75. The minimum Gasteiger partial charge on any atom is -0.232 e. The van der Waals surface area contributed by atoms with Crippen molar-refractivity contribution < 1.29 is 0 Å². The summed E-state index contributed by atoms with van der Waals surface area (Å²) in [4.78, 5) is 0. The molecular formula is C23H15BrN2. The Bertz CT molecular complexity index is 1220. The van der Waals surface area contributed by atoms with Crippen LogP contribution in [0.2, 0.25) is 0 Å². The third-order valence-electron chi connectivity index (χ3n) is 4.73. The molecule has 0 saturated heterocycles. The Kier molecular flexibility index (Phi) is 3.61. The number of benzene rings is 3. The van der Waals surface area contributed by atoms with Crippen molar-refractivity contribution in [2.75, 3.05) is 0 Å². The van der Waals surface area contributed by atoms with Crippen LogP contribution in [0.3, 0.4) is 0 Å². The summed E-state index contributed by atoms with van der Waals surface area (Å²) >= 11 is 3.52. The van der Waals surface area contributed by atoms with E-state index in [0.717, 1.165) is 26.8 Å². The first-order valence-electron chi connectivity index (χ1n) is 8.52. The monoisotopic (exact) mass is 398 g/mol. The smallest absolute Gasteiger partial charge is 0.0825 e. The normalized spacial score (nSPS) is 11.3. The largest absolute Gasteiger partial charge is 0.232 e. The lowest BCUT2D eigenvalue weighted by Gasteiger charge is -2.10. The van der Waals surface area contributed by atoms with Crippen molar-refractivity contribution in [1.29, 1.82) is 0 Å². The minimum absolute atomic E-state index is 1.08. The Balaban J connectivity index is 1.90. The maximum Gasteiger partial charge on any atom is 0.0825 e. The van der Waals surface area contributed by atoms with Gasteiger partial charge in [-0.3, -0.25) is 0 Å². The van der Waals surface area contributed by atoms with Gasteiger partial charge in [-0.15, -0.1) is 0 Å². The summed E-state index contributed by atoms with van der Waals surface area (Å²) in [6.07, 6.45) is 1.97. The first kappa shape index (κ1) is 15.4. The molecule has 3 heteroatoms. The molecule has 0 aliphatic heterocycles. The first-order chi connectivity index (χ1) is 12.8. The summed E-state index contributed by atoms with van der Waals surface area (Å²) in [5.74, 6) is 0. The standard InChI is InChI=1S/C23H15BrN2/c24-19-12-10-16(11-13-19)21-15-25-26-22(17-6-2-1-3-7-17)14-18-8-4-5-9-20(18)23(21)26/h1-15H. The number of aromatic nitrogens is 2. The summed E-state index contributed by atoms with van der Waals surface area (Å²) < 4.78 is 3.14. The van der Waals surface area contributed by atoms with Crippen molar-refractivity contribution in [2.24, 2.45) is 0 Å². The molecule has 5 rings (SSSR count). The molecule has 0 amide bonds. The number of pyridine rings is 1. The fourth-order valence-corrected chi connectivity index (χ4v) is 3.76. The van der Waals surface area contributed by atoms with E-state index in [1.165, 1.54) is 16.3 Å². The molecule has 3 aromatic carbocycles. The number of hydrogen-bond acceptors (Lipinski definition) is 1. The second-order valence-electron chi connectivity index (χ2n) is 6.31. The summed E-state index contributed by atoms with van der Waals surface area (Å²) in [6.45, 7) is 0. The number of hydrogen-bond donors (Lipinski definition) is 0. The number of nitrogens with zero attached hydrogens (tertiary/aromatic N) is 2. The van der Waals surface area contributed by atoms with Crippen molar-refractivity contribution in [3.63, 3.8) is 0 Å². The van der Waals surface area contributed by atoms with E-state index < -0.39 is 0 Å². The molecule has 0 atom stereocenters. The molecule has 0 radical (unpaired) electrons. The third kappa shape index (κ3) is 2.44. The van der Waals surface area contributed by atoms with E-state index in [1.807, 2.05) is 12.3 Å². The van der Waals surface area contributed by atoms with Gasteiger partial charge in [-0.05, 0) is 29.1 Å². The zero-order chi connectivity index (χ0) is 17.5. The summed E-state index contributed by atoms with van der Waals surface area (Å²) in [5.41, 5.74) is 5.71. The van der Waals surface area contributed by atoms with Gasteiger partial charge in [-0.1, -0.05) is 82.7 Å². The number of fused-ring (bicyclic) bond motifs is 3. The zero-order valence-electron chi connectivity index (χ0n) is 13.9. The van der Waals surface area contributed by atoms with Gasteiger partial charge >= 0.3 is 0 Å². The van der Waals surface area contributed by atoms with Crippen molar-refractivity contribution in [3.8, 4) is 22.4 Å². The van der Waals surface area contributed by atoms with E-state index in [9.17, 15) is 0 Å². The molecule has 0 bridgehead atoms. The molecule has 2 aromatic heterocycles. The van der Waals surface area contributed by atoms with Crippen LogP contribution in [0.5, 0.6) is 0 Å². The molecule has 0 unspecified atom stereocenters. The second kappa shape index (κ2) is 6.11. The number of halogens is 1.